The molecule has 0 aliphatic carbocycles. The van der Waals surface area contributed by atoms with Gasteiger partial charge in [0.05, 0.1) is 13.2 Å². The summed E-state index contributed by atoms with van der Waals surface area (Å²) in [7, 11) is 0. The lowest BCUT2D eigenvalue weighted by Gasteiger charge is -2.10. The molecule has 5 heteroatoms. The van der Waals surface area contributed by atoms with E-state index in [-0.39, 0.29) is 24.5 Å². The molecule has 1 aliphatic heterocycles. The first kappa shape index (κ1) is 14.4. The summed E-state index contributed by atoms with van der Waals surface area (Å²) >= 11 is 0. The van der Waals surface area contributed by atoms with Gasteiger partial charge in [0.25, 0.3) is 0 Å². The van der Waals surface area contributed by atoms with Gasteiger partial charge >= 0.3 is 5.97 Å². The Balaban J connectivity index is 2.07. The third-order valence-electron chi connectivity index (χ3n) is 3.13. The van der Waals surface area contributed by atoms with Crippen molar-refractivity contribution in [3.63, 3.8) is 0 Å². The summed E-state index contributed by atoms with van der Waals surface area (Å²) in [5, 5.41) is 8.71. The van der Waals surface area contributed by atoms with Crippen molar-refractivity contribution in [3.8, 4) is 11.5 Å². The average Bonchev–Trinajstić information content (AvgIpc) is 2.61. The number of benzene rings is 1. The van der Waals surface area contributed by atoms with Crippen LogP contribution in [0.4, 0.5) is 0 Å². The minimum atomic E-state index is -0.885. The predicted molar refractivity (Wildman–Crippen MR) is 72.4 cm³/mol. The highest BCUT2D eigenvalue weighted by Crippen LogP contribution is 2.31. The Morgan fingerprint density at radius 2 is 1.90 bits per heavy atom. The second-order valence-corrected chi connectivity index (χ2v) is 5.04. The lowest BCUT2D eigenvalue weighted by Crippen LogP contribution is -2.10. The van der Waals surface area contributed by atoms with E-state index in [1.165, 1.54) is 0 Å². The molecule has 0 saturated heterocycles. The van der Waals surface area contributed by atoms with Crippen molar-refractivity contribution in [2.45, 2.75) is 26.2 Å². The van der Waals surface area contributed by atoms with Gasteiger partial charge in [-0.3, -0.25) is 9.59 Å². The minimum absolute atomic E-state index is 0.00368. The Bertz CT molecular complexity index is 509. The van der Waals surface area contributed by atoms with Crippen molar-refractivity contribution < 1.29 is 24.2 Å². The molecule has 108 valence electrons. The van der Waals surface area contributed by atoms with E-state index in [2.05, 4.69) is 0 Å². The van der Waals surface area contributed by atoms with E-state index < -0.39 is 5.97 Å². The molecule has 0 fully saturated rings. The summed E-state index contributed by atoms with van der Waals surface area (Å²) < 4.78 is 11.0. The number of Topliss-reactive ketones (excluding diaryl/α,β-unsaturated/α-hetero) is 1. The van der Waals surface area contributed by atoms with Crippen molar-refractivity contribution >= 4 is 11.8 Å². The molecule has 0 amide bonds. The van der Waals surface area contributed by atoms with Gasteiger partial charge in [-0.2, -0.15) is 0 Å². The van der Waals surface area contributed by atoms with Crippen molar-refractivity contribution in [2.24, 2.45) is 5.92 Å². The number of carbonyl (C=O) groups is 2. The monoisotopic (exact) mass is 278 g/mol. The molecule has 1 aliphatic rings. The highest BCUT2D eigenvalue weighted by molar-refractivity contribution is 5.97. The maximum absolute atomic E-state index is 12.1. The molecular formula is C15H18O5. The summed E-state index contributed by atoms with van der Waals surface area (Å²) in [5.74, 6) is 0.0891. The maximum atomic E-state index is 12.1. The van der Waals surface area contributed by atoms with Gasteiger partial charge in [-0.15, -0.1) is 0 Å². The van der Waals surface area contributed by atoms with E-state index in [0.717, 1.165) is 6.42 Å². The molecule has 0 spiro atoms. The van der Waals surface area contributed by atoms with Gasteiger partial charge in [-0.25, -0.2) is 0 Å². The SMILES string of the molecule is CC(CC(=O)O)CC(=O)c1ccc2c(c1)OCCCO2. The summed E-state index contributed by atoms with van der Waals surface area (Å²) in [6.07, 6.45) is 1.02. The van der Waals surface area contributed by atoms with E-state index in [1.54, 1.807) is 25.1 Å². The Morgan fingerprint density at radius 3 is 2.60 bits per heavy atom. The second-order valence-electron chi connectivity index (χ2n) is 5.04. The van der Waals surface area contributed by atoms with Crippen LogP contribution in [0.2, 0.25) is 0 Å². The zero-order chi connectivity index (χ0) is 14.5. The van der Waals surface area contributed by atoms with Crippen molar-refractivity contribution in [1.82, 2.24) is 0 Å². The Morgan fingerprint density at radius 1 is 1.20 bits per heavy atom. The quantitative estimate of drug-likeness (QED) is 0.838. The third-order valence-corrected chi connectivity index (χ3v) is 3.13. The zero-order valence-corrected chi connectivity index (χ0v) is 11.4. The molecule has 1 aromatic rings. The van der Waals surface area contributed by atoms with Crippen LogP contribution >= 0.6 is 0 Å². The number of fused-ring (bicyclic) bond motifs is 1. The first-order valence-electron chi connectivity index (χ1n) is 6.71. The highest BCUT2D eigenvalue weighted by atomic mass is 16.5. The smallest absolute Gasteiger partial charge is 0.303 e. The Hall–Kier alpha value is -2.04. The van der Waals surface area contributed by atoms with E-state index in [1.807, 2.05) is 0 Å². The van der Waals surface area contributed by atoms with Crippen LogP contribution in [0.3, 0.4) is 0 Å². The van der Waals surface area contributed by atoms with Crippen LogP contribution in [0.1, 0.15) is 36.5 Å². The number of hydrogen-bond donors (Lipinski definition) is 1. The lowest BCUT2D eigenvalue weighted by molar-refractivity contribution is -0.137. The van der Waals surface area contributed by atoms with Gasteiger partial charge in [-0.05, 0) is 24.1 Å². The summed E-state index contributed by atoms with van der Waals surface area (Å²) in [4.78, 5) is 22.7. The number of ketones is 1. The molecule has 0 aromatic heterocycles. The zero-order valence-electron chi connectivity index (χ0n) is 11.4. The molecule has 0 saturated carbocycles. The van der Waals surface area contributed by atoms with Crippen LogP contribution in [0.5, 0.6) is 11.5 Å². The number of carboxylic acid groups (broad SMARTS) is 1. The molecule has 1 atom stereocenters. The van der Waals surface area contributed by atoms with Crippen LogP contribution in [0.25, 0.3) is 0 Å². The standard InChI is InChI=1S/C15H18O5/c1-10(8-15(17)18)7-12(16)11-3-4-13-14(9-11)20-6-2-5-19-13/h3-4,9-10H,2,5-8H2,1H3,(H,17,18). The summed E-state index contributed by atoms with van der Waals surface area (Å²) in [5.41, 5.74) is 0.534. The number of aliphatic carboxylic acids is 1. The first-order valence-corrected chi connectivity index (χ1v) is 6.71. The predicted octanol–water partition coefficient (Wildman–Crippen LogP) is 2.53. The first-order chi connectivity index (χ1) is 9.56. The highest BCUT2D eigenvalue weighted by Gasteiger charge is 2.17. The summed E-state index contributed by atoms with van der Waals surface area (Å²) in [6, 6.07) is 5.11. The van der Waals surface area contributed by atoms with Crippen molar-refractivity contribution in [1.29, 1.82) is 0 Å². The van der Waals surface area contributed by atoms with Gasteiger partial charge in [-0.1, -0.05) is 6.92 Å². The second kappa shape index (κ2) is 6.41. The van der Waals surface area contributed by atoms with E-state index >= 15 is 0 Å². The fourth-order valence-electron chi connectivity index (χ4n) is 2.14. The molecule has 1 aromatic carbocycles. The molecule has 2 rings (SSSR count). The number of rotatable bonds is 5. The van der Waals surface area contributed by atoms with Crippen LogP contribution < -0.4 is 9.47 Å². The Kier molecular flexibility index (Phi) is 4.61. The lowest BCUT2D eigenvalue weighted by atomic mass is 9.97. The molecule has 1 unspecified atom stereocenters. The normalized spacial score (nSPS) is 15.2. The fraction of sp³-hybridized carbons (Fsp3) is 0.467. The molecule has 20 heavy (non-hydrogen) atoms. The van der Waals surface area contributed by atoms with Gasteiger partial charge < -0.3 is 14.6 Å². The van der Waals surface area contributed by atoms with Gasteiger partial charge in [0.2, 0.25) is 0 Å². The molecular weight excluding hydrogens is 260 g/mol. The fourth-order valence-corrected chi connectivity index (χ4v) is 2.14. The number of carboxylic acids is 1. The minimum Gasteiger partial charge on any atom is -0.490 e. The van der Waals surface area contributed by atoms with E-state index in [4.69, 9.17) is 14.6 Å². The number of hydrogen-bond acceptors (Lipinski definition) is 4. The molecule has 1 heterocycles. The molecule has 0 bridgehead atoms. The van der Waals surface area contributed by atoms with E-state index in [0.29, 0.717) is 30.3 Å². The van der Waals surface area contributed by atoms with Crippen LogP contribution in [0.15, 0.2) is 18.2 Å². The van der Waals surface area contributed by atoms with Crippen molar-refractivity contribution in [3.05, 3.63) is 23.8 Å². The largest absolute Gasteiger partial charge is 0.490 e. The van der Waals surface area contributed by atoms with Crippen LogP contribution in [-0.4, -0.2) is 30.1 Å². The van der Waals surface area contributed by atoms with Crippen molar-refractivity contribution in [2.75, 3.05) is 13.2 Å². The summed E-state index contributed by atoms with van der Waals surface area (Å²) in [6.45, 7) is 2.94. The molecule has 0 radical (unpaired) electrons. The average molecular weight is 278 g/mol. The maximum Gasteiger partial charge on any atom is 0.303 e. The van der Waals surface area contributed by atoms with Gasteiger partial charge in [0.15, 0.2) is 17.3 Å². The van der Waals surface area contributed by atoms with E-state index in [9.17, 15) is 9.59 Å². The molecule has 5 nitrogen and oxygen atoms in total. The Labute approximate surface area is 117 Å². The van der Waals surface area contributed by atoms with Gasteiger partial charge in [0, 0.05) is 24.8 Å². The topological polar surface area (TPSA) is 72.8 Å². The third kappa shape index (κ3) is 3.73. The van der Waals surface area contributed by atoms with Crippen LogP contribution in [0, 0.1) is 5.92 Å². The van der Waals surface area contributed by atoms with Gasteiger partial charge in [0.1, 0.15) is 0 Å². The number of carbonyl (C=O) groups excluding carboxylic acids is 1. The number of ether oxygens (including phenoxy) is 2. The van der Waals surface area contributed by atoms with Crippen LogP contribution in [-0.2, 0) is 4.79 Å². The molecule has 1 N–H and O–H groups in total.